The van der Waals surface area contributed by atoms with Gasteiger partial charge in [0.25, 0.3) is 0 Å². The zero-order chi connectivity index (χ0) is 10.7. The third-order valence-electron chi connectivity index (χ3n) is 1.53. The van der Waals surface area contributed by atoms with Crippen LogP contribution in [0.25, 0.3) is 0 Å². The van der Waals surface area contributed by atoms with Gasteiger partial charge in [0.2, 0.25) is 5.88 Å². The first-order valence-corrected chi connectivity index (χ1v) is 4.30. The Hall–Kier alpha value is -1.49. The SMILES string of the molecule is CCNc1nc(O)c(Cl)cc1C(=O)O. The van der Waals surface area contributed by atoms with Gasteiger partial charge in [-0.25, -0.2) is 4.79 Å². The Bertz CT molecular complexity index is 368. The number of carbonyl (C=O) groups is 1. The molecule has 0 aliphatic rings. The standard InChI is InChI=1S/C8H9ClN2O3/c1-2-10-6-4(8(13)14)3-5(9)7(12)11-6/h3H,2H2,1H3,(H,13,14)(H2,10,11,12). The molecule has 0 unspecified atom stereocenters. The molecule has 0 radical (unpaired) electrons. The fourth-order valence-electron chi connectivity index (χ4n) is 0.944. The number of anilines is 1. The molecule has 3 N–H and O–H groups in total. The molecule has 1 heterocycles. The molecule has 0 atom stereocenters. The molecule has 14 heavy (non-hydrogen) atoms. The van der Waals surface area contributed by atoms with Gasteiger partial charge in [0, 0.05) is 6.54 Å². The molecular formula is C8H9ClN2O3. The summed E-state index contributed by atoms with van der Waals surface area (Å²) < 4.78 is 0. The Labute approximate surface area is 85.3 Å². The highest BCUT2D eigenvalue weighted by Gasteiger charge is 2.14. The minimum absolute atomic E-state index is 0.0605. The van der Waals surface area contributed by atoms with Crippen molar-refractivity contribution in [3.63, 3.8) is 0 Å². The Kier molecular flexibility index (Phi) is 3.14. The summed E-state index contributed by atoms with van der Waals surface area (Å²) in [6.45, 7) is 2.30. The lowest BCUT2D eigenvalue weighted by Gasteiger charge is -2.07. The minimum atomic E-state index is -1.14. The van der Waals surface area contributed by atoms with Gasteiger partial charge >= 0.3 is 5.97 Å². The fraction of sp³-hybridized carbons (Fsp3) is 0.250. The molecule has 0 fully saturated rings. The average molecular weight is 217 g/mol. The Balaban J connectivity index is 3.24. The van der Waals surface area contributed by atoms with Gasteiger partial charge in [-0.1, -0.05) is 11.6 Å². The summed E-state index contributed by atoms with van der Waals surface area (Å²) in [4.78, 5) is 14.4. The largest absolute Gasteiger partial charge is 0.492 e. The van der Waals surface area contributed by atoms with Crippen molar-refractivity contribution in [2.45, 2.75) is 6.92 Å². The summed E-state index contributed by atoms with van der Waals surface area (Å²) in [5, 5.41) is 20.6. The van der Waals surface area contributed by atoms with E-state index >= 15 is 0 Å². The second kappa shape index (κ2) is 4.15. The van der Waals surface area contributed by atoms with Gasteiger partial charge in [-0.15, -0.1) is 0 Å². The lowest BCUT2D eigenvalue weighted by molar-refractivity contribution is 0.0697. The molecule has 0 amide bonds. The maximum atomic E-state index is 10.7. The molecular weight excluding hydrogens is 208 g/mol. The van der Waals surface area contributed by atoms with Crippen molar-refractivity contribution in [2.24, 2.45) is 0 Å². The molecule has 0 aliphatic heterocycles. The number of aromatic carboxylic acids is 1. The number of nitrogens with one attached hydrogen (secondary N) is 1. The van der Waals surface area contributed by atoms with Gasteiger partial charge in [-0.05, 0) is 13.0 Å². The van der Waals surface area contributed by atoms with Gasteiger partial charge in [0.1, 0.15) is 16.4 Å². The van der Waals surface area contributed by atoms with Crippen LogP contribution in [0.5, 0.6) is 5.88 Å². The summed E-state index contributed by atoms with van der Waals surface area (Å²) in [5.74, 6) is -1.41. The minimum Gasteiger partial charge on any atom is -0.492 e. The topological polar surface area (TPSA) is 82.5 Å². The number of rotatable bonds is 3. The second-order valence-electron chi connectivity index (χ2n) is 2.53. The van der Waals surface area contributed by atoms with Gasteiger partial charge in [-0.2, -0.15) is 4.98 Å². The predicted octanol–water partition coefficient (Wildman–Crippen LogP) is 1.57. The summed E-state index contributed by atoms with van der Waals surface area (Å²) >= 11 is 5.53. The number of halogens is 1. The third-order valence-corrected chi connectivity index (χ3v) is 1.81. The number of aromatic nitrogens is 1. The van der Waals surface area contributed by atoms with Gasteiger partial charge in [0.15, 0.2) is 0 Å². The number of nitrogens with zero attached hydrogens (tertiary/aromatic N) is 1. The molecule has 0 spiro atoms. The van der Waals surface area contributed by atoms with Gasteiger partial charge in [-0.3, -0.25) is 0 Å². The average Bonchev–Trinajstić information content (AvgIpc) is 2.11. The van der Waals surface area contributed by atoms with Crippen molar-refractivity contribution >= 4 is 23.4 Å². The van der Waals surface area contributed by atoms with E-state index in [-0.39, 0.29) is 22.3 Å². The number of pyridine rings is 1. The number of aromatic hydroxyl groups is 1. The van der Waals surface area contributed by atoms with E-state index in [2.05, 4.69) is 10.3 Å². The number of carboxylic acids is 1. The maximum Gasteiger partial charge on any atom is 0.339 e. The summed E-state index contributed by atoms with van der Waals surface area (Å²) in [5.41, 5.74) is -0.0605. The van der Waals surface area contributed by atoms with Gasteiger partial charge < -0.3 is 15.5 Å². The highest BCUT2D eigenvalue weighted by Crippen LogP contribution is 2.26. The molecule has 1 aromatic heterocycles. The Morgan fingerprint density at radius 1 is 1.71 bits per heavy atom. The molecule has 76 valence electrons. The van der Waals surface area contributed by atoms with Crippen LogP contribution in [0.1, 0.15) is 17.3 Å². The highest BCUT2D eigenvalue weighted by molar-refractivity contribution is 6.32. The van der Waals surface area contributed by atoms with E-state index in [9.17, 15) is 4.79 Å². The Morgan fingerprint density at radius 3 is 2.86 bits per heavy atom. The first-order valence-electron chi connectivity index (χ1n) is 3.93. The van der Waals surface area contributed by atoms with Crippen molar-refractivity contribution in [2.75, 3.05) is 11.9 Å². The van der Waals surface area contributed by atoms with E-state index in [1.54, 1.807) is 6.92 Å². The zero-order valence-electron chi connectivity index (χ0n) is 7.41. The van der Waals surface area contributed by atoms with Crippen LogP contribution in [0.2, 0.25) is 5.02 Å². The molecule has 1 rings (SSSR count). The van der Waals surface area contributed by atoms with E-state index in [1.165, 1.54) is 0 Å². The van der Waals surface area contributed by atoms with E-state index in [0.717, 1.165) is 6.07 Å². The zero-order valence-corrected chi connectivity index (χ0v) is 8.17. The number of hydrogen-bond donors (Lipinski definition) is 3. The molecule has 1 aromatic rings. The predicted molar refractivity (Wildman–Crippen MR) is 52.0 cm³/mol. The van der Waals surface area contributed by atoms with Crippen LogP contribution in [0.3, 0.4) is 0 Å². The lowest BCUT2D eigenvalue weighted by Crippen LogP contribution is -2.07. The molecule has 0 aliphatic carbocycles. The normalized spacial score (nSPS) is 9.86. The monoisotopic (exact) mass is 216 g/mol. The second-order valence-corrected chi connectivity index (χ2v) is 2.93. The number of carboxylic acid groups (broad SMARTS) is 1. The van der Waals surface area contributed by atoms with Crippen LogP contribution in [0, 0.1) is 0 Å². The van der Waals surface area contributed by atoms with Crippen LogP contribution >= 0.6 is 11.6 Å². The number of hydrogen-bond acceptors (Lipinski definition) is 4. The molecule has 0 bridgehead atoms. The smallest absolute Gasteiger partial charge is 0.339 e. The van der Waals surface area contributed by atoms with Crippen LogP contribution in [-0.4, -0.2) is 27.7 Å². The van der Waals surface area contributed by atoms with Gasteiger partial charge in [0.05, 0.1) is 0 Å². The summed E-state index contributed by atoms with van der Waals surface area (Å²) in [6, 6.07) is 1.16. The van der Waals surface area contributed by atoms with Crippen molar-refractivity contribution < 1.29 is 15.0 Å². The highest BCUT2D eigenvalue weighted by atomic mass is 35.5. The van der Waals surface area contributed by atoms with E-state index in [4.69, 9.17) is 21.8 Å². The van der Waals surface area contributed by atoms with Crippen molar-refractivity contribution in [1.82, 2.24) is 4.98 Å². The van der Waals surface area contributed by atoms with Crippen molar-refractivity contribution in [3.8, 4) is 5.88 Å². The van der Waals surface area contributed by atoms with Crippen molar-refractivity contribution in [1.29, 1.82) is 0 Å². The first kappa shape index (κ1) is 10.6. The van der Waals surface area contributed by atoms with E-state index in [1.807, 2.05) is 0 Å². The fourth-order valence-corrected chi connectivity index (χ4v) is 1.10. The first-order chi connectivity index (χ1) is 6.56. The van der Waals surface area contributed by atoms with E-state index in [0.29, 0.717) is 6.54 Å². The van der Waals surface area contributed by atoms with Crippen LogP contribution in [0.4, 0.5) is 5.82 Å². The molecule has 5 nitrogen and oxygen atoms in total. The lowest BCUT2D eigenvalue weighted by atomic mass is 10.2. The van der Waals surface area contributed by atoms with Crippen LogP contribution < -0.4 is 5.32 Å². The van der Waals surface area contributed by atoms with Crippen molar-refractivity contribution in [3.05, 3.63) is 16.7 Å². The van der Waals surface area contributed by atoms with Crippen LogP contribution in [0.15, 0.2) is 6.07 Å². The third kappa shape index (κ3) is 2.05. The molecule has 6 heteroatoms. The maximum absolute atomic E-state index is 10.7. The summed E-state index contributed by atoms with van der Waals surface area (Å²) in [7, 11) is 0. The molecule has 0 saturated heterocycles. The Morgan fingerprint density at radius 2 is 2.36 bits per heavy atom. The summed E-state index contributed by atoms with van der Waals surface area (Å²) in [6.07, 6.45) is 0. The molecule has 0 aromatic carbocycles. The van der Waals surface area contributed by atoms with Crippen LogP contribution in [-0.2, 0) is 0 Å². The van der Waals surface area contributed by atoms with E-state index < -0.39 is 5.97 Å². The molecule has 0 saturated carbocycles. The quantitative estimate of drug-likeness (QED) is 0.715.